The molecule has 0 heterocycles. The molecule has 7 nitrogen and oxygen atoms in total. The van der Waals surface area contributed by atoms with Crippen LogP contribution in [-0.4, -0.2) is 10.9 Å². The predicted molar refractivity (Wildman–Crippen MR) is 79.0 cm³/mol. The van der Waals surface area contributed by atoms with Crippen molar-refractivity contribution in [1.29, 1.82) is 5.26 Å². The zero-order valence-electron chi connectivity index (χ0n) is 10.9. The van der Waals surface area contributed by atoms with Crippen LogP contribution in [0.4, 0.5) is 17.1 Å². The van der Waals surface area contributed by atoms with E-state index in [9.17, 15) is 10.1 Å². The number of para-hydroxylation sites is 1. The van der Waals surface area contributed by atoms with Crippen molar-refractivity contribution in [2.24, 2.45) is 4.99 Å². The molecular formula is C14H11N5O2. The third-order valence-corrected chi connectivity index (χ3v) is 2.49. The Kier molecular flexibility index (Phi) is 4.46. The molecule has 0 aromatic heterocycles. The van der Waals surface area contributed by atoms with Gasteiger partial charge in [0.05, 0.1) is 10.6 Å². The predicted octanol–water partition coefficient (Wildman–Crippen LogP) is 2.77. The summed E-state index contributed by atoms with van der Waals surface area (Å²) < 4.78 is 0. The number of nitro groups is 1. The molecule has 0 atom stereocenters. The summed E-state index contributed by atoms with van der Waals surface area (Å²) in [6, 6.07) is 15.0. The first-order chi connectivity index (χ1) is 10.2. The van der Waals surface area contributed by atoms with E-state index >= 15 is 0 Å². The van der Waals surface area contributed by atoms with E-state index < -0.39 is 4.92 Å². The molecule has 0 saturated carbocycles. The van der Waals surface area contributed by atoms with Crippen LogP contribution in [0.25, 0.3) is 0 Å². The number of nitrogens with zero attached hydrogens (tertiary/aromatic N) is 3. The molecule has 0 aliphatic carbocycles. The first kappa shape index (κ1) is 14.0. The van der Waals surface area contributed by atoms with Gasteiger partial charge >= 0.3 is 0 Å². The molecule has 7 heteroatoms. The molecule has 2 rings (SSSR count). The molecule has 0 aliphatic rings. The van der Waals surface area contributed by atoms with E-state index in [1.807, 2.05) is 18.2 Å². The SMILES string of the molecule is N#CNC(=Nc1ccccc1)Nc1cccc([N+](=O)[O-])c1. The largest absolute Gasteiger partial charge is 0.325 e. The van der Waals surface area contributed by atoms with Gasteiger partial charge in [-0.1, -0.05) is 24.3 Å². The summed E-state index contributed by atoms with van der Waals surface area (Å²) in [6.07, 6.45) is 1.77. The minimum absolute atomic E-state index is 0.0454. The summed E-state index contributed by atoms with van der Waals surface area (Å²) in [6.45, 7) is 0. The van der Waals surface area contributed by atoms with Gasteiger partial charge in [0.15, 0.2) is 6.19 Å². The Morgan fingerprint density at radius 1 is 1.19 bits per heavy atom. The Morgan fingerprint density at radius 2 is 1.95 bits per heavy atom. The van der Waals surface area contributed by atoms with Gasteiger partial charge in [0.25, 0.3) is 5.69 Å². The molecule has 2 N–H and O–H groups in total. The maximum atomic E-state index is 10.7. The Balaban J connectivity index is 2.25. The zero-order valence-corrected chi connectivity index (χ0v) is 10.9. The van der Waals surface area contributed by atoms with Gasteiger partial charge < -0.3 is 5.32 Å². The number of guanidine groups is 1. The fourth-order valence-corrected chi connectivity index (χ4v) is 1.61. The normalized spacial score (nSPS) is 10.5. The lowest BCUT2D eigenvalue weighted by Gasteiger charge is -2.07. The number of rotatable bonds is 3. The summed E-state index contributed by atoms with van der Waals surface area (Å²) in [5.41, 5.74) is 1.06. The number of nitro benzene ring substituents is 1. The second kappa shape index (κ2) is 6.68. The number of nitrogens with one attached hydrogen (secondary N) is 2. The van der Waals surface area contributed by atoms with Crippen LogP contribution in [0, 0.1) is 21.6 Å². The van der Waals surface area contributed by atoms with E-state index in [0.29, 0.717) is 11.4 Å². The van der Waals surface area contributed by atoms with Crippen LogP contribution >= 0.6 is 0 Å². The zero-order chi connectivity index (χ0) is 15.1. The average Bonchev–Trinajstić information content (AvgIpc) is 2.49. The number of benzene rings is 2. The van der Waals surface area contributed by atoms with E-state index in [2.05, 4.69) is 15.6 Å². The van der Waals surface area contributed by atoms with Crippen molar-refractivity contribution in [3.05, 3.63) is 64.7 Å². The number of hydrogen-bond acceptors (Lipinski definition) is 4. The minimum atomic E-state index is -0.489. The third kappa shape index (κ3) is 4.04. The minimum Gasteiger partial charge on any atom is -0.325 e. The van der Waals surface area contributed by atoms with Crippen molar-refractivity contribution in [3.8, 4) is 6.19 Å². The van der Waals surface area contributed by atoms with Gasteiger partial charge in [0.2, 0.25) is 5.96 Å². The first-order valence-electron chi connectivity index (χ1n) is 5.99. The second-order valence-corrected chi connectivity index (χ2v) is 3.97. The average molecular weight is 281 g/mol. The standard InChI is InChI=1S/C14H11N5O2/c15-10-16-14(17-11-5-2-1-3-6-11)18-12-7-4-8-13(9-12)19(20)21/h1-9H,(H2,16,17,18). The van der Waals surface area contributed by atoms with E-state index in [1.165, 1.54) is 12.1 Å². The molecule has 2 aromatic carbocycles. The van der Waals surface area contributed by atoms with Gasteiger partial charge in [0, 0.05) is 17.8 Å². The molecule has 0 aliphatic heterocycles. The molecule has 0 saturated heterocycles. The fourth-order valence-electron chi connectivity index (χ4n) is 1.61. The van der Waals surface area contributed by atoms with Crippen LogP contribution in [0.5, 0.6) is 0 Å². The fraction of sp³-hybridized carbons (Fsp3) is 0. The van der Waals surface area contributed by atoms with Crippen molar-refractivity contribution in [2.45, 2.75) is 0 Å². The van der Waals surface area contributed by atoms with Gasteiger partial charge in [-0.15, -0.1) is 0 Å². The van der Waals surface area contributed by atoms with Crippen molar-refractivity contribution < 1.29 is 4.92 Å². The van der Waals surface area contributed by atoms with E-state index in [1.54, 1.807) is 30.5 Å². The molecule has 0 bridgehead atoms. The van der Waals surface area contributed by atoms with Crippen LogP contribution in [0.3, 0.4) is 0 Å². The molecule has 21 heavy (non-hydrogen) atoms. The second-order valence-electron chi connectivity index (χ2n) is 3.97. The number of nitriles is 1. The number of hydrogen-bond donors (Lipinski definition) is 2. The topological polar surface area (TPSA) is 103 Å². The lowest BCUT2D eigenvalue weighted by atomic mass is 10.3. The molecule has 0 radical (unpaired) electrons. The van der Waals surface area contributed by atoms with Crippen LogP contribution in [-0.2, 0) is 0 Å². The summed E-state index contributed by atoms with van der Waals surface area (Å²) >= 11 is 0. The Labute approximate surface area is 120 Å². The quantitative estimate of drug-likeness (QED) is 0.225. The van der Waals surface area contributed by atoms with Crippen LogP contribution in [0.1, 0.15) is 0 Å². The highest BCUT2D eigenvalue weighted by atomic mass is 16.6. The van der Waals surface area contributed by atoms with Gasteiger partial charge in [-0.3, -0.25) is 15.4 Å². The van der Waals surface area contributed by atoms with E-state index in [4.69, 9.17) is 5.26 Å². The Hall–Kier alpha value is -3.40. The van der Waals surface area contributed by atoms with E-state index in [-0.39, 0.29) is 11.6 Å². The van der Waals surface area contributed by atoms with Gasteiger partial charge in [-0.05, 0) is 18.2 Å². The molecule has 0 spiro atoms. The number of aliphatic imine (C=N–C) groups is 1. The van der Waals surface area contributed by atoms with Gasteiger partial charge in [-0.2, -0.15) is 5.26 Å². The van der Waals surface area contributed by atoms with Crippen molar-refractivity contribution >= 4 is 23.0 Å². The molecule has 0 unspecified atom stereocenters. The van der Waals surface area contributed by atoms with Crippen molar-refractivity contribution in [1.82, 2.24) is 5.32 Å². The Bertz CT molecular complexity index is 707. The maximum Gasteiger partial charge on any atom is 0.271 e. The van der Waals surface area contributed by atoms with Gasteiger partial charge in [-0.25, -0.2) is 4.99 Å². The third-order valence-electron chi connectivity index (χ3n) is 2.49. The molecular weight excluding hydrogens is 270 g/mol. The Morgan fingerprint density at radius 3 is 2.62 bits per heavy atom. The lowest BCUT2D eigenvalue weighted by molar-refractivity contribution is -0.384. The lowest BCUT2D eigenvalue weighted by Crippen LogP contribution is -2.26. The molecule has 0 amide bonds. The molecule has 2 aromatic rings. The van der Waals surface area contributed by atoms with Crippen LogP contribution in [0.2, 0.25) is 0 Å². The van der Waals surface area contributed by atoms with Gasteiger partial charge in [0.1, 0.15) is 0 Å². The molecule has 104 valence electrons. The highest BCUT2D eigenvalue weighted by Crippen LogP contribution is 2.17. The summed E-state index contributed by atoms with van der Waals surface area (Å²) in [5.74, 6) is 0.184. The monoisotopic (exact) mass is 281 g/mol. The number of anilines is 1. The van der Waals surface area contributed by atoms with Crippen LogP contribution in [0.15, 0.2) is 59.6 Å². The van der Waals surface area contributed by atoms with E-state index in [0.717, 1.165) is 0 Å². The maximum absolute atomic E-state index is 10.7. The summed E-state index contributed by atoms with van der Waals surface area (Å²) in [4.78, 5) is 14.5. The number of non-ortho nitro benzene ring substituents is 1. The summed E-state index contributed by atoms with van der Waals surface area (Å²) in [5, 5.41) is 24.7. The highest BCUT2D eigenvalue weighted by Gasteiger charge is 2.07. The smallest absolute Gasteiger partial charge is 0.271 e. The summed E-state index contributed by atoms with van der Waals surface area (Å²) in [7, 11) is 0. The highest BCUT2D eigenvalue weighted by molar-refractivity contribution is 5.96. The molecule has 0 fully saturated rings. The van der Waals surface area contributed by atoms with Crippen molar-refractivity contribution in [3.63, 3.8) is 0 Å². The van der Waals surface area contributed by atoms with Crippen LogP contribution < -0.4 is 10.6 Å². The first-order valence-corrected chi connectivity index (χ1v) is 5.99. The van der Waals surface area contributed by atoms with Crippen molar-refractivity contribution in [2.75, 3.05) is 5.32 Å².